The highest BCUT2D eigenvalue weighted by Crippen LogP contribution is 2.26. The van der Waals surface area contributed by atoms with Crippen LogP contribution in [0.2, 0.25) is 0 Å². The van der Waals surface area contributed by atoms with E-state index in [1.807, 2.05) is 24.0 Å². The summed E-state index contributed by atoms with van der Waals surface area (Å²) in [5.41, 5.74) is 1.27. The zero-order valence-electron chi connectivity index (χ0n) is 14.1. The van der Waals surface area contributed by atoms with Gasteiger partial charge >= 0.3 is 0 Å². The molecule has 1 saturated heterocycles. The largest absolute Gasteiger partial charge is 0.497 e. The van der Waals surface area contributed by atoms with E-state index in [0.717, 1.165) is 25.3 Å². The minimum atomic E-state index is 0.259. The van der Waals surface area contributed by atoms with Crippen LogP contribution in [0.4, 0.5) is 0 Å². The van der Waals surface area contributed by atoms with Crippen LogP contribution in [0.3, 0.4) is 0 Å². The molecule has 1 aliphatic rings. The van der Waals surface area contributed by atoms with Crippen LogP contribution < -0.4 is 10.1 Å². The van der Waals surface area contributed by atoms with Crippen LogP contribution in [-0.4, -0.2) is 37.0 Å². The van der Waals surface area contributed by atoms with E-state index in [1.165, 1.54) is 5.56 Å². The fourth-order valence-electron chi connectivity index (χ4n) is 3.09. The van der Waals surface area contributed by atoms with E-state index in [9.17, 15) is 4.79 Å². The molecule has 122 valence electrons. The fraction of sp³-hybridized carbons (Fsp3) is 0.611. The van der Waals surface area contributed by atoms with Gasteiger partial charge in [0.05, 0.1) is 7.11 Å². The zero-order valence-corrected chi connectivity index (χ0v) is 14.1. The lowest BCUT2D eigenvalue weighted by Crippen LogP contribution is -2.38. The standard InChI is InChI=1S/C18H28N2O2/c1-5-17(21)20-11-10-15(12-20)19-18(13(2)3)14-6-8-16(22-4)9-7-14/h6-9,13,15,18-19H,5,10-12H2,1-4H3/t15-,18+/m0/s1. The van der Waals surface area contributed by atoms with Crippen molar-refractivity contribution in [2.45, 2.75) is 45.7 Å². The molecule has 2 rings (SSSR count). The molecule has 1 aliphatic heterocycles. The second-order valence-corrected chi connectivity index (χ2v) is 6.34. The molecule has 4 nitrogen and oxygen atoms in total. The first kappa shape index (κ1) is 16.8. The number of hydrogen-bond donors (Lipinski definition) is 1. The minimum Gasteiger partial charge on any atom is -0.497 e. The lowest BCUT2D eigenvalue weighted by atomic mass is 9.95. The van der Waals surface area contributed by atoms with Gasteiger partial charge in [0.1, 0.15) is 5.75 Å². The van der Waals surface area contributed by atoms with Crippen LogP contribution in [0, 0.1) is 5.92 Å². The first-order chi connectivity index (χ1) is 10.5. The second kappa shape index (κ2) is 7.63. The van der Waals surface area contributed by atoms with E-state index in [1.54, 1.807) is 7.11 Å². The molecular formula is C18H28N2O2. The molecule has 2 atom stereocenters. The van der Waals surface area contributed by atoms with Crippen molar-refractivity contribution >= 4 is 5.91 Å². The van der Waals surface area contributed by atoms with Gasteiger partial charge in [-0.15, -0.1) is 0 Å². The number of ether oxygens (including phenoxy) is 1. The summed E-state index contributed by atoms with van der Waals surface area (Å²) in [5.74, 6) is 1.63. The summed E-state index contributed by atoms with van der Waals surface area (Å²) in [6, 6.07) is 8.94. The van der Waals surface area contributed by atoms with Crippen molar-refractivity contribution in [3.05, 3.63) is 29.8 Å². The number of carbonyl (C=O) groups is 1. The first-order valence-electron chi connectivity index (χ1n) is 8.23. The van der Waals surface area contributed by atoms with Gasteiger partial charge in [-0.05, 0) is 30.0 Å². The van der Waals surface area contributed by atoms with Crippen LogP contribution in [0.15, 0.2) is 24.3 Å². The molecule has 0 radical (unpaired) electrons. The normalized spacial score (nSPS) is 19.5. The molecular weight excluding hydrogens is 276 g/mol. The predicted molar refractivity (Wildman–Crippen MR) is 89.0 cm³/mol. The Labute approximate surface area is 133 Å². The Hall–Kier alpha value is -1.55. The molecule has 1 heterocycles. The third kappa shape index (κ3) is 4.01. The van der Waals surface area contributed by atoms with Gasteiger partial charge in [-0.2, -0.15) is 0 Å². The summed E-state index contributed by atoms with van der Waals surface area (Å²) in [4.78, 5) is 13.8. The number of rotatable bonds is 6. The predicted octanol–water partition coefficient (Wildman–Crippen LogP) is 2.99. The van der Waals surface area contributed by atoms with Crippen molar-refractivity contribution in [2.24, 2.45) is 5.92 Å². The van der Waals surface area contributed by atoms with Gasteiger partial charge in [-0.3, -0.25) is 4.79 Å². The highest BCUT2D eigenvalue weighted by Gasteiger charge is 2.28. The smallest absolute Gasteiger partial charge is 0.222 e. The van der Waals surface area contributed by atoms with Gasteiger partial charge in [0, 0.05) is 31.6 Å². The molecule has 0 unspecified atom stereocenters. The zero-order chi connectivity index (χ0) is 16.1. The molecule has 4 heteroatoms. The number of likely N-dealkylation sites (tertiary alicyclic amines) is 1. The summed E-state index contributed by atoms with van der Waals surface area (Å²) < 4.78 is 5.23. The maximum atomic E-state index is 11.8. The fourth-order valence-corrected chi connectivity index (χ4v) is 3.09. The van der Waals surface area contributed by atoms with Crippen LogP contribution in [0.5, 0.6) is 5.75 Å². The van der Waals surface area contributed by atoms with E-state index < -0.39 is 0 Å². The summed E-state index contributed by atoms with van der Waals surface area (Å²) in [5, 5.41) is 3.74. The second-order valence-electron chi connectivity index (χ2n) is 6.34. The van der Waals surface area contributed by atoms with Crippen molar-refractivity contribution in [3.8, 4) is 5.75 Å². The molecule has 0 saturated carbocycles. The Morgan fingerprint density at radius 1 is 1.36 bits per heavy atom. The van der Waals surface area contributed by atoms with Gasteiger partial charge in [0.2, 0.25) is 5.91 Å². The third-order valence-corrected chi connectivity index (χ3v) is 4.40. The summed E-state index contributed by atoms with van der Waals surface area (Å²) >= 11 is 0. The molecule has 1 fully saturated rings. The summed E-state index contributed by atoms with van der Waals surface area (Å²) in [7, 11) is 1.69. The van der Waals surface area contributed by atoms with Gasteiger partial charge in [-0.25, -0.2) is 0 Å². The van der Waals surface area contributed by atoms with Crippen molar-refractivity contribution in [1.29, 1.82) is 0 Å². The lowest BCUT2D eigenvalue weighted by Gasteiger charge is -2.27. The first-order valence-corrected chi connectivity index (χ1v) is 8.23. The van der Waals surface area contributed by atoms with Crippen molar-refractivity contribution in [1.82, 2.24) is 10.2 Å². The van der Waals surface area contributed by atoms with E-state index in [-0.39, 0.29) is 5.91 Å². The summed E-state index contributed by atoms with van der Waals surface area (Å²) in [6.45, 7) is 8.08. The van der Waals surface area contributed by atoms with Crippen molar-refractivity contribution in [2.75, 3.05) is 20.2 Å². The topological polar surface area (TPSA) is 41.6 Å². The molecule has 0 aromatic heterocycles. The van der Waals surface area contributed by atoms with Gasteiger partial charge in [-0.1, -0.05) is 32.9 Å². The maximum Gasteiger partial charge on any atom is 0.222 e. The average molecular weight is 304 g/mol. The molecule has 1 aromatic carbocycles. The van der Waals surface area contributed by atoms with E-state index >= 15 is 0 Å². The van der Waals surface area contributed by atoms with E-state index in [2.05, 4.69) is 31.3 Å². The highest BCUT2D eigenvalue weighted by molar-refractivity contribution is 5.76. The number of benzene rings is 1. The monoisotopic (exact) mass is 304 g/mol. The summed E-state index contributed by atoms with van der Waals surface area (Å²) in [6.07, 6.45) is 1.63. The SMILES string of the molecule is CCC(=O)N1CC[C@H](N[C@@H](c2ccc(OC)cc2)C(C)C)C1. The van der Waals surface area contributed by atoms with Crippen molar-refractivity contribution in [3.63, 3.8) is 0 Å². The lowest BCUT2D eigenvalue weighted by molar-refractivity contribution is -0.129. The van der Waals surface area contributed by atoms with Gasteiger partial charge in [0.25, 0.3) is 0 Å². The number of amides is 1. The van der Waals surface area contributed by atoms with E-state index in [4.69, 9.17) is 4.74 Å². The van der Waals surface area contributed by atoms with E-state index in [0.29, 0.717) is 24.4 Å². The van der Waals surface area contributed by atoms with Crippen molar-refractivity contribution < 1.29 is 9.53 Å². The highest BCUT2D eigenvalue weighted by atomic mass is 16.5. The Bertz CT molecular complexity index is 484. The molecule has 0 aliphatic carbocycles. The number of hydrogen-bond acceptors (Lipinski definition) is 3. The van der Waals surface area contributed by atoms with Gasteiger partial charge < -0.3 is 15.0 Å². The van der Waals surface area contributed by atoms with Crippen LogP contribution in [0.25, 0.3) is 0 Å². The molecule has 22 heavy (non-hydrogen) atoms. The van der Waals surface area contributed by atoms with Gasteiger partial charge in [0.15, 0.2) is 0 Å². The molecule has 1 N–H and O–H groups in total. The molecule has 0 spiro atoms. The average Bonchev–Trinajstić information content (AvgIpc) is 3.00. The Morgan fingerprint density at radius 2 is 2.05 bits per heavy atom. The molecule has 0 bridgehead atoms. The Kier molecular flexibility index (Phi) is 5.83. The number of methoxy groups -OCH3 is 1. The third-order valence-electron chi connectivity index (χ3n) is 4.40. The minimum absolute atomic E-state index is 0.259. The number of nitrogens with one attached hydrogen (secondary N) is 1. The number of carbonyl (C=O) groups excluding carboxylic acids is 1. The molecule has 1 aromatic rings. The van der Waals surface area contributed by atoms with Crippen LogP contribution in [-0.2, 0) is 4.79 Å². The van der Waals surface area contributed by atoms with Crippen LogP contribution >= 0.6 is 0 Å². The Balaban J connectivity index is 2.02. The quantitative estimate of drug-likeness (QED) is 0.878. The maximum absolute atomic E-state index is 11.8. The Morgan fingerprint density at radius 3 is 2.59 bits per heavy atom. The molecule has 1 amide bonds. The van der Waals surface area contributed by atoms with Crippen LogP contribution in [0.1, 0.15) is 45.2 Å². The number of nitrogens with zero attached hydrogens (tertiary/aromatic N) is 1.